The number of alkyl halides is 3. The van der Waals surface area contributed by atoms with Gasteiger partial charge in [-0.05, 0) is 24.3 Å². The van der Waals surface area contributed by atoms with Crippen LogP contribution >= 0.6 is 0 Å². The van der Waals surface area contributed by atoms with Crippen LogP contribution in [0.3, 0.4) is 0 Å². The standard InChI is InChI=1S/C14H21F3N2O2/c1-13(2,3)7-4-11(20)19-8-5-10(6-9-19)18-12(21)14(15,16)17/h4,7,10H,5-6,8-9H2,1-3H3,(H,18,21)/b7-4+. The van der Waals surface area contributed by atoms with Gasteiger partial charge in [0.25, 0.3) is 0 Å². The molecular weight excluding hydrogens is 285 g/mol. The number of hydrogen-bond acceptors (Lipinski definition) is 2. The summed E-state index contributed by atoms with van der Waals surface area (Å²) in [6.07, 6.45) is -0.905. The van der Waals surface area contributed by atoms with E-state index in [2.05, 4.69) is 0 Å². The minimum absolute atomic E-state index is 0.103. The van der Waals surface area contributed by atoms with Gasteiger partial charge in [-0.3, -0.25) is 9.59 Å². The fraction of sp³-hybridized carbons (Fsp3) is 0.714. The summed E-state index contributed by atoms with van der Waals surface area (Å²) in [5, 5.41) is 1.95. The van der Waals surface area contributed by atoms with Crippen LogP contribution in [-0.4, -0.2) is 42.0 Å². The van der Waals surface area contributed by atoms with E-state index >= 15 is 0 Å². The summed E-state index contributed by atoms with van der Waals surface area (Å²) >= 11 is 0. The summed E-state index contributed by atoms with van der Waals surface area (Å²) in [6, 6.07) is -0.533. The molecule has 0 aromatic heterocycles. The molecule has 0 aliphatic carbocycles. The second-order valence-corrected chi connectivity index (χ2v) is 6.27. The SMILES string of the molecule is CC(C)(C)/C=C/C(=O)N1CCC(NC(=O)C(F)(F)F)CC1. The third kappa shape index (κ3) is 6.18. The van der Waals surface area contributed by atoms with Crippen molar-refractivity contribution in [2.24, 2.45) is 5.41 Å². The maximum absolute atomic E-state index is 12.1. The molecule has 7 heteroatoms. The van der Waals surface area contributed by atoms with Crippen LogP contribution in [-0.2, 0) is 9.59 Å². The van der Waals surface area contributed by atoms with Gasteiger partial charge in [-0.15, -0.1) is 0 Å². The minimum atomic E-state index is -4.86. The fourth-order valence-electron chi connectivity index (χ4n) is 1.94. The lowest BCUT2D eigenvalue weighted by molar-refractivity contribution is -0.174. The lowest BCUT2D eigenvalue weighted by Gasteiger charge is -2.32. The summed E-state index contributed by atoms with van der Waals surface area (Å²) in [5.74, 6) is -2.06. The number of likely N-dealkylation sites (tertiary alicyclic amines) is 1. The molecule has 0 saturated carbocycles. The van der Waals surface area contributed by atoms with Crippen molar-refractivity contribution in [3.8, 4) is 0 Å². The predicted octanol–water partition coefficient (Wildman–Crippen LogP) is 2.26. The number of amides is 2. The van der Waals surface area contributed by atoms with Crippen LogP contribution < -0.4 is 5.32 Å². The number of rotatable bonds is 2. The Morgan fingerprint density at radius 1 is 1.14 bits per heavy atom. The van der Waals surface area contributed by atoms with E-state index in [1.165, 1.54) is 6.08 Å². The molecule has 0 aromatic carbocycles. The smallest absolute Gasteiger partial charge is 0.345 e. The fourth-order valence-corrected chi connectivity index (χ4v) is 1.94. The summed E-state index contributed by atoms with van der Waals surface area (Å²) in [7, 11) is 0. The molecule has 0 atom stereocenters. The highest BCUT2D eigenvalue weighted by Crippen LogP contribution is 2.18. The van der Waals surface area contributed by atoms with Gasteiger partial charge in [-0.2, -0.15) is 13.2 Å². The Bertz CT molecular complexity index is 417. The van der Waals surface area contributed by atoms with Crippen LogP contribution in [0.15, 0.2) is 12.2 Å². The van der Waals surface area contributed by atoms with Crippen molar-refractivity contribution < 1.29 is 22.8 Å². The molecule has 4 nitrogen and oxygen atoms in total. The van der Waals surface area contributed by atoms with Crippen LogP contribution in [0.5, 0.6) is 0 Å². The molecule has 0 aromatic rings. The molecule has 2 amide bonds. The minimum Gasteiger partial charge on any atom is -0.345 e. The number of carbonyl (C=O) groups is 2. The number of halogens is 3. The Kier molecular flexibility index (Phi) is 5.42. The first kappa shape index (κ1) is 17.5. The van der Waals surface area contributed by atoms with Gasteiger partial charge in [0.15, 0.2) is 0 Å². The Hall–Kier alpha value is -1.53. The summed E-state index contributed by atoms with van der Waals surface area (Å²) in [6.45, 7) is 6.59. The van der Waals surface area contributed by atoms with E-state index in [1.807, 2.05) is 26.1 Å². The molecule has 1 aliphatic heterocycles. The van der Waals surface area contributed by atoms with Crippen molar-refractivity contribution in [1.82, 2.24) is 10.2 Å². The van der Waals surface area contributed by atoms with Crippen molar-refractivity contribution in [2.75, 3.05) is 13.1 Å². The molecule has 1 rings (SSSR count). The molecular formula is C14H21F3N2O2. The first-order chi connectivity index (χ1) is 9.49. The summed E-state index contributed by atoms with van der Waals surface area (Å²) in [4.78, 5) is 24.3. The average Bonchev–Trinajstić information content (AvgIpc) is 2.35. The number of allylic oxidation sites excluding steroid dienone is 1. The van der Waals surface area contributed by atoms with E-state index in [0.717, 1.165) is 0 Å². The van der Waals surface area contributed by atoms with Crippen LogP contribution in [0, 0.1) is 5.41 Å². The van der Waals surface area contributed by atoms with Crippen molar-refractivity contribution >= 4 is 11.8 Å². The Labute approximate surface area is 122 Å². The number of carbonyl (C=O) groups excluding carboxylic acids is 2. The monoisotopic (exact) mass is 306 g/mol. The Morgan fingerprint density at radius 2 is 1.67 bits per heavy atom. The third-order valence-corrected chi connectivity index (χ3v) is 3.13. The lowest BCUT2D eigenvalue weighted by Crippen LogP contribution is -2.49. The largest absolute Gasteiger partial charge is 0.471 e. The maximum atomic E-state index is 12.1. The number of hydrogen-bond donors (Lipinski definition) is 1. The van der Waals surface area contributed by atoms with E-state index in [1.54, 1.807) is 11.0 Å². The van der Waals surface area contributed by atoms with E-state index in [4.69, 9.17) is 0 Å². The zero-order valence-corrected chi connectivity index (χ0v) is 12.5. The second kappa shape index (κ2) is 6.49. The van der Waals surface area contributed by atoms with Crippen LogP contribution in [0.4, 0.5) is 13.2 Å². The average molecular weight is 306 g/mol. The molecule has 0 bridgehead atoms. The van der Waals surface area contributed by atoms with Gasteiger partial charge in [-0.1, -0.05) is 26.8 Å². The second-order valence-electron chi connectivity index (χ2n) is 6.27. The third-order valence-electron chi connectivity index (χ3n) is 3.13. The summed E-state index contributed by atoms with van der Waals surface area (Å²) < 4.78 is 36.4. The van der Waals surface area contributed by atoms with Gasteiger partial charge in [-0.25, -0.2) is 0 Å². The number of nitrogens with one attached hydrogen (secondary N) is 1. The maximum Gasteiger partial charge on any atom is 0.471 e. The normalized spacial score (nSPS) is 18.1. The molecule has 1 N–H and O–H groups in total. The molecule has 1 fully saturated rings. The van der Waals surface area contributed by atoms with Crippen molar-refractivity contribution in [3.05, 3.63) is 12.2 Å². The first-order valence-electron chi connectivity index (χ1n) is 6.85. The van der Waals surface area contributed by atoms with E-state index < -0.39 is 18.1 Å². The van der Waals surface area contributed by atoms with Crippen molar-refractivity contribution in [2.45, 2.75) is 45.8 Å². The lowest BCUT2D eigenvalue weighted by atomic mass is 9.96. The number of nitrogens with zero attached hydrogens (tertiary/aromatic N) is 1. The first-order valence-corrected chi connectivity index (χ1v) is 6.85. The van der Waals surface area contributed by atoms with E-state index in [-0.39, 0.29) is 11.3 Å². The number of piperidine rings is 1. The molecule has 0 radical (unpaired) electrons. The molecule has 21 heavy (non-hydrogen) atoms. The molecule has 0 unspecified atom stereocenters. The van der Waals surface area contributed by atoms with Crippen LogP contribution in [0.1, 0.15) is 33.6 Å². The van der Waals surface area contributed by atoms with Crippen molar-refractivity contribution in [3.63, 3.8) is 0 Å². The molecule has 120 valence electrons. The summed E-state index contributed by atoms with van der Waals surface area (Å²) in [5.41, 5.74) is -0.103. The highest BCUT2D eigenvalue weighted by molar-refractivity contribution is 5.87. The molecule has 0 spiro atoms. The van der Waals surface area contributed by atoms with Gasteiger partial charge < -0.3 is 10.2 Å². The quantitative estimate of drug-likeness (QED) is 0.796. The van der Waals surface area contributed by atoms with Gasteiger partial charge in [0.2, 0.25) is 5.91 Å². The molecule has 1 aliphatic rings. The van der Waals surface area contributed by atoms with Gasteiger partial charge in [0, 0.05) is 19.1 Å². The predicted molar refractivity (Wildman–Crippen MR) is 72.4 cm³/mol. The van der Waals surface area contributed by atoms with Gasteiger partial charge in [0.05, 0.1) is 0 Å². The van der Waals surface area contributed by atoms with Crippen molar-refractivity contribution in [1.29, 1.82) is 0 Å². The highest BCUT2D eigenvalue weighted by atomic mass is 19.4. The Morgan fingerprint density at radius 3 is 2.10 bits per heavy atom. The topological polar surface area (TPSA) is 49.4 Å². The molecule has 1 heterocycles. The van der Waals surface area contributed by atoms with E-state index in [9.17, 15) is 22.8 Å². The van der Waals surface area contributed by atoms with Gasteiger partial charge >= 0.3 is 12.1 Å². The highest BCUT2D eigenvalue weighted by Gasteiger charge is 2.40. The zero-order chi connectivity index (χ0) is 16.3. The Balaban J connectivity index is 2.44. The van der Waals surface area contributed by atoms with Crippen LogP contribution in [0.2, 0.25) is 0 Å². The molecule has 1 saturated heterocycles. The van der Waals surface area contributed by atoms with Gasteiger partial charge in [0.1, 0.15) is 0 Å². The van der Waals surface area contributed by atoms with E-state index in [0.29, 0.717) is 25.9 Å². The zero-order valence-electron chi connectivity index (χ0n) is 12.5. The van der Waals surface area contributed by atoms with Crippen LogP contribution in [0.25, 0.3) is 0 Å².